The SMILES string of the molecule is Cc1c(Cl)cccc1S(=O)(=O)NCCN1CCCCC1CO. The summed E-state index contributed by atoms with van der Waals surface area (Å²) in [6.07, 6.45) is 3.18. The molecule has 1 heterocycles. The number of sulfonamides is 1. The molecule has 1 aliphatic rings. The molecule has 2 rings (SSSR count). The van der Waals surface area contributed by atoms with Crippen molar-refractivity contribution in [1.82, 2.24) is 9.62 Å². The highest BCUT2D eigenvalue weighted by Crippen LogP contribution is 2.22. The predicted octanol–water partition coefficient (Wildman–Crippen LogP) is 1.77. The van der Waals surface area contributed by atoms with E-state index in [4.69, 9.17) is 11.6 Å². The van der Waals surface area contributed by atoms with Crippen molar-refractivity contribution in [3.05, 3.63) is 28.8 Å². The summed E-state index contributed by atoms with van der Waals surface area (Å²) in [6.45, 7) is 3.65. The van der Waals surface area contributed by atoms with Gasteiger partial charge in [-0.2, -0.15) is 0 Å². The lowest BCUT2D eigenvalue weighted by atomic mass is 10.0. The molecule has 5 nitrogen and oxygen atoms in total. The second-order valence-corrected chi connectivity index (χ2v) is 7.77. The molecule has 0 radical (unpaired) electrons. The monoisotopic (exact) mass is 346 g/mol. The molecule has 7 heteroatoms. The van der Waals surface area contributed by atoms with Crippen molar-refractivity contribution >= 4 is 21.6 Å². The van der Waals surface area contributed by atoms with Crippen LogP contribution >= 0.6 is 11.6 Å². The minimum atomic E-state index is -3.56. The minimum absolute atomic E-state index is 0.125. The van der Waals surface area contributed by atoms with E-state index in [1.54, 1.807) is 25.1 Å². The van der Waals surface area contributed by atoms with E-state index >= 15 is 0 Å². The molecule has 1 atom stereocenters. The smallest absolute Gasteiger partial charge is 0.240 e. The molecule has 0 saturated carbocycles. The van der Waals surface area contributed by atoms with Crippen LogP contribution in [0.1, 0.15) is 24.8 Å². The van der Waals surface area contributed by atoms with Gasteiger partial charge in [-0.25, -0.2) is 13.1 Å². The van der Waals surface area contributed by atoms with Crippen LogP contribution in [0.3, 0.4) is 0 Å². The molecule has 1 fully saturated rings. The van der Waals surface area contributed by atoms with Crippen LogP contribution in [0.4, 0.5) is 0 Å². The first-order valence-corrected chi connectivity index (χ1v) is 9.41. The Morgan fingerprint density at radius 3 is 2.91 bits per heavy atom. The maximum atomic E-state index is 12.4. The van der Waals surface area contributed by atoms with E-state index in [0.717, 1.165) is 25.8 Å². The minimum Gasteiger partial charge on any atom is -0.395 e. The van der Waals surface area contributed by atoms with E-state index in [-0.39, 0.29) is 17.5 Å². The van der Waals surface area contributed by atoms with Crippen molar-refractivity contribution in [2.45, 2.75) is 37.1 Å². The van der Waals surface area contributed by atoms with E-state index in [1.807, 2.05) is 0 Å². The van der Waals surface area contributed by atoms with Crippen molar-refractivity contribution in [1.29, 1.82) is 0 Å². The van der Waals surface area contributed by atoms with Crippen LogP contribution in [0, 0.1) is 6.92 Å². The highest BCUT2D eigenvalue weighted by molar-refractivity contribution is 7.89. The van der Waals surface area contributed by atoms with Gasteiger partial charge in [-0.1, -0.05) is 24.1 Å². The maximum Gasteiger partial charge on any atom is 0.240 e. The van der Waals surface area contributed by atoms with Gasteiger partial charge in [0.2, 0.25) is 10.0 Å². The molecular formula is C15H23ClN2O3S. The number of aliphatic hydroxyl groups is 1. The molecular weight excluding hydrogens is 324 g/mol. The van der Waals surface area contributed by atoms with Crippen LogP contribution in [0.25, 0.3) is 0 Å². The van der Waals surface area contributed by atoms with Crippen LogP contribution in [-0.2, 0) is 10.0 Å². The van der Waals surface area contributed by atoms with E-state index in [1.165, 1.54) is 0 Å². The molecule has 124 valence electrons. The summed E-state index contributed by atoms with van der Waals surface area (Å²) in [5.74, 6) is 0. The second-order valence-electron chi connectivity index (χ2n) is 5.63. The van der Waals surface area contributed by atoms with E-state index in [9.17, 15) is 13.5 Å². The van der Waals surface area contributed by atoms with Gasteiger partial charge >= 0.3 is 0 Å². The van der Waals surface area contributed by atoms with Crippen molar-refractivity contribution in [2.75, 3.05) is 26.2 Å². The Bertz CT molecular complexity index is 607. The van der Waals surface area contributed by atoms with Crippen molar-refractivity contribution in [3.8, 4) is 0 Å². The lowest BCUT2D eigenvalue weighted by Crippen LogP contribution is -2.45. The number of benzene rings is 1. The van der Waals surface area contributed by atoms with Gasteiger partial charge in [0.15, 0.2) is 0 Å². The number of nitrogens with zero attached hydrogens (tertiary/aromatic N) is 1. The Morgan fingerprint density at radius 2 is 2.18 bits per heavy atom. The fraction of sp³-hybridized carbons (Fsp3) is 0.600. The van der Waals surface area contributed by atoms with Gasteiger partial charge < -0.3 is 5.11 Å². The van der Waals surface area contributed by atoms with Gasteiger partial charge in [-0.05, 0) is 44.0 Å². The number of hydrogen-bond donors (Lipinski definition) is 2. The van der Waals surface area contributed by atoms with Crippen LogP contribution in [0.5, 0.6) is 0 Å². The molecule has 0 spiro atoms. The summed E-state index contributed by atoms with van der Waals surface area (Å²) in [6, 6.07) is 5.01. The van der Waals surface area contributed by atoms with Gasteiger partial charge in [0.1, 0.15) is 0 Å². The van der Waals surface area contributed by atoms with Crippen molar-refractivity contribution in [3.63, 3.8) is 0 Å². The highest BCUT2D eigenvalue weighted by atomic mass is 35.5. The van der Waals surface area contributed by atoms with Gasteiger partial charge in [-0.3, -0.25) is 4.90 Å². The summed E-state index contributed by atoms with van der Waals surface area (Å²) >= 11 is 5.99. The molecule has 1 aromatic carbocycles. The normalized spacial score (nSPS) is 20.2. The molecule has 1 saturated heterocycles. The van der Waals surface area contributed by atoms with Crippen molar-refractivity contribution < 1.29 is 13.5 Å². The highest BCUT2D eigenvalue weighted by Gasteiger charge is 2.22. The van der Waals surface area contributed by atoms with Crippen LogP contribution < -0.4 is 4.72 Å². The number of likely N-dealkylation sites (tertiary alicyclic amines) is 1. The third-order valence-electron chi connectivity index (χ3n) is 4.16. The lowest BCUT2D eigenvalue weighted by molar-refractivity contribution is 0.0923. The lowest BCUT2D eigenvalue weighted by Gasteiger charge is -2.34. The third-order valence-corrected chi connectivity index (χ3v) is 6.17. The molecule has 0 aromatic heterocycles. The Morgan fingerprint density at radius 1 is 1.41 bits per heavy atom. The van der Waals surface area contributed by atoms with Crippen LogP contribution in [0.15, 0.2) is 23.1 Å². The van der Waals surface area contributed by atoms with Gasteiger partial charge in [0.25, 0.3) is 0 Å². The zero-order valence-corrected chi connectivity index (χ0v) is 14.3. The van der Waals surface area contributed by atoms with Crippen molar-refractivity contribution in [2.24, 2.45) is 0 Å². The predicted molar refractivity (Wildman–Crippen MR) is 87.7 cm³/mol. The maximum absolute atomic E-state index is 12.4. The standard InChI is InChI=1S/C15H23ClN2O3S/c1-12-14(16)6-4-7-15(12)22(20,21)17-8-10-18-9-3-2-5-13(18)11-19/h4,6-7,13,17,19H,2-3,5,8-11H2,1H3. The number of piperidine rings is 1. The number of rotatable bonds is 6. The molecule has 1 unspecified atom stereocenters. The first-order chi connectivity index (χ1) is 10.5. The molecule has 0 aliphatic carbocycles. The average Bonchev–Trinajstić information content (AvgIpc) is 2.50. The van der Waals surface area contributed by atoms with Gasteiger partial charge in [0.05, 0.1) is 11.5 Å². The summed E-state index contributed by atoms with van der Waals surface area (Å²) < 4.78 is 27.3. The summed E-state index contributed by atoms with van der Waals surface area (Å²) in [7, 11) is -3.56. The molecule has 0 bridgehead atoms. The summed E-state index contributed by atoms with van der Waals surface area (Å²) in [4.78, 5) is 2.37. The zero-order chi connectivity index (χ0) is 16.2. The Balaban J connectivity index is 1.97. The summed E-state index contributed by atoms with van der Waals surface area (Å²) in [5, 5.41) is 9.81. The van der Waals surface area contributed by atoms with E-state index in [2.05, 4.69) is 9.62 Å². The first kappa shape index (κ1) is 17.7. The number of nitrogens with one attached hydrogen (secondary N) is 1. The quantitative estimate of drug-likeness (QED) is 0.823. The average molecular weight is 347 g/mol. The second kappa shape index (κ2) is 7.75. The van der Waals surface area contributed by atoms with Gasteiger partial charge in [0, 0.05) is 24.2 Å². The largest absolute Gasteiger partial charge is 0.395 e. The fourth-order valence-electron chi connectivity index (χ4n) is 2.84. The van der Waals surface area contributed by atoms with E-state index in [0.29, 0.717) is 23.7 Å². The number of aliphatic hydroxyl groups excluding tert-OH is 1. The van der Waals surface area contributed by atoms with Crippen LogP contribution in [0.2, 0.25) is 5.02 Å². The third kappa shape index (κ3) is 4.20. The molecule has 1 aromatic rings. The Kier molecular flexibility index (Phi) is 6.23. The topological polar surface area (TPSA) is 69.6 Å². The molecule has 22 heavy (non-hydrogen) atoms. The Labute approximate surface area is 137 Å². The fourth-order valence-corrected chi connectivity index (χ4v) is 4.36. The summed E-state index contributed by atoms with van der Waals surface area (Å²) in [5.41, 5.74) is 0.558. The number of halogens is 1. The zero-order valence-electron chi connectivity index (χ0n) is 12.8. The molecule has 2 N–H and O–H groups in total. The molecule has 0 amide bonds. The number of hydrogen-bond acceptors (Lipinski definition) is 4. The van der Waals surface area contributed by atoms with Crippen LogP contribution in [-0.4, -0.2) is 50.7 Å². The molecule has 1 aliphatic heterocycles. The van der Waals surface area contributed by atoms with E-state index < -0.39 is 10.0 Å². The van der Waals surface area contributed by atoms with Gasteiger partial charge in [-0.15, -0.1) is 0 Å². The first-order valence-electron chi connectivity index (χ1n) is 7.55. The Hall–Kier alpha value is -0.660.